The number of hydrogen-bond donors (Lipinski definition) is 0. The third-order valence-electron chi connectivity index (χ3n) is 4.03. The summed E-state index contributed by atoms with van der Waals surface area (Å²) in [6.45, 7) is 3.89. The Labute approximate surface area is 153 Å². The summed E-state index contributed by atoms with van der Waals surface area (Å²) in [6.07, 6.45) is -0.577. The van der Waals surface area contributed by atoms with Crippen LogP contribution in [0, 0.1) is 5.92 Å². The topological polar surface area (TPSA) is 84.8 Å². The van der Waals surface area contributed by atoms with Crippen LogP contribution in [0.2, 0.25) is 0 Å². The third kappa shape index (κ3) is 2.76. The molecule has 8 nitrogen and oxygen atoms in total. The first-order valence-corrected chi connectivity index (χ1v) is 8.48. The molecule has 0 saturated heterocycles. The van der Waals surface area contributed by atoms with Crippen molar-refractivity contribution in [1.82, 2.24) is 0 Å². The van der Waals surface area contributed by atoms with Crippen LogP contribution in [0.25, 0.3) is 0 Å². The summed E-state index contributed by atoms with van der Waals surface area (Å²) in [5, 5.41) is 3.91. The molecule has 136 valence electrons. The highest BCUT2D eigenvalue weighted by atomic mass is 79.9. The van der Waals surface area contributed by atoms with Gasteiger partial charge in [0.2, 0.25) is 18.3 Å². The maximum Gasteiger partial charge on any atom is 0.356 e. The third-order valence-corrected chi connectivity index (χ3v) is 4.82. The minimum absolute atomic E-state index is 0.0591. The van der Waals surface area contributed by atoms with Gasteiger partial charge in [-0.05, 0) is 22.9 Å². The van der Waals surface area contributed by atoms with Crippen molar-refractivity contribution in [1.29, 1.82) is 0 Å². The molecule has 0 N–H and O–H groups in total. The van der Waals surface area contributed by atoms with Crippen LogP contribution in [-0.2, 0) is 14.4 Å². The van der Waals surface area contributed by atoms with Gasteiger partial charge in [0.15, 0.2) is 23.3 Å². The van der Waals surface area contributed by atoms with Gasteiger partial charge >= 0.3 is 5.97 Å². The van der Waals surface area contributed by atoms with Gasteiger partial charge in [-0.15, -0.1) is 0 Å². The molecule has 9 heteroatoms. The van der Waals surface area contributed by atoms with E-state index in [0.717, 1.165) is 0 Å². The van der Waals surface area contributed by atoms with Crippen molar-refractivity contribution in [3.63, 3.8) is 0 Å². The van der Waals surface area contributed by atoms with Gasteiger partial charge in [0.05, 0.1) is 36.8 Å². The first-order valence-electron chi connectivity index (χ1n) is 7.68. The molecule has 1 aromatic carbocycles. The molecule has 2 heterocycles. The van der Waals surface area contributed by atoms with Crippen LogP contribution >= 0.6 is 15.9 Å². The van der Waals surface area contributed by atoms with Gasteiger partial charge in [-0.25, -0.2) is 4.79 Å². The van der Waals surface area contributed by atoms with Crippen LogP contribution in [0.5, 0.6) is 23.0 Å². The summed E-state index contributed by atoms with van der Waals surface area (Å²) in [5.74, 6) is 0.931. The highest BCUT2D eigenvalue weighted by Gasteiger charge is 2.42. The maximum absolute atomic E-state index is 12.0. The lowest BCUT2D eigenvalue weighted by Crippen LogP contribution is -2.24. The Morgan fingerprint density at radius 2 is 1.88 bits per heavy atom. The SMILES string of the molecule is CCOC(=O)C1=NO[C@H](c2c(Br)c(OC)c3c(c2OC)OCO3)[C@H]1C. The molecule has 2 atom stereocenters. The van der Waals surface area contributed by atoms with E-state index in [1.807, 2.05) is 6.92 Å². The molecule has 2 aliphatic heterocycles. The molecule has 0 radical (unpaired) electrons. The van der Waals surface area contributed by atoms with E-state index in [2.05, 4.69) is 21.1 Å². The Hall–Kier alpha value is -2.16. The number of hydrogen-bond acceptors (Lipinski definition) is 8. The van der Waals surface area contributed by atoms with Crippen molar-refractivity contribution in [2.24, 2.45) is 11.1 Å². The first-order chi connectivity index (χ1) is 12.0. The quantitative estimate of drug-likeness (QED) is 0.683. The zero-order valence-electron chi connectivity index (χ0n) is 14.3. The summed E-state index contributed by atoms with van der Waals surface area (Å²) in [7, 11) is 3.05. The minimum Gasteiger partial charge on any atom is -0.492 e. The van der Waals surface area contributed by atoms with Crippen molar-refractivity contribution >= 4 is 27.6 Å². The van der Waals surface area contributed by atoms with Gasteiger partial charge in [-0.3, -0.25) is 0 Å². The zero-order valence-corrected chi connectivity index (χ0v) is 15.8. The molecule has 3 rings (SSSR count). The smallest absolute Gasteiger partial charge is 0.356 e. The average molecular weight is 416 g/mol. The number of carbonyl (C=O) groups excluding carboxylic acids is 1. The van der Waals surface area contributed by atoms with Crippen LogP contribution in [0.3, 0.4) is 0 Å². The molecule has 1 aromatic rings. The van der Waals surface area contributed by atoms with Gasteiger partial charge in [-0.1, -0.05) is 12.1 Å². The van der Waals surface area contributed by atoms with E-state index in [0.29, 0.717) is 33.0 Å². The molecule has 0 aromatic heterocycles. The lowest BCUT2D eigenvalue weighted by Gasteiger charge is -2.21. The predicted molar refractivity (Wildman–Crippen MR) is 90.4 cm³/mol. The number of oxime groups is 1. The lowest BCUT2D eigenvalue weighted by atomic mass is 9.92. The van der Waals surface area contributed by atoms with E-state index in [9.17, 15) is 4.79 Å². The maximum atomic E-state index is 12.0. The second kappa shape index (κ2) is 6.99. The van der Waals surface area contributed by atoms with Crippen LogP contribution in [0.15, 0.2) is 9.63 Å². The fourth-order valence-corrected chi connectivity index (χ4v) is 3.61. The van der Waals surface area contributed by atoms with E-state index in [1.54, 1.807) is 6.92 Å². The Balaban J connectivity index is 2.05. The van der Waals surface area contributed by atoms with Crippen molar-refractivity contribution in [2.75, 3.05) is 27.6 Å². The Bertz CT molecular complexity index is 734. The lowest BCUT2D eigenvalue weighted by molar-refractivity contribution is -0.135. The molecule has 0 aliphatic carbocycles. The van der Waals surface area contributed by atoms with E-state index >= 15 is 0 Å². The monoisotopic (exact) mass is 415 g/mol. The minimum atomic E-state index is -0.577. The Morgan fingerprint density at radius 1 is 1.24 bits per heavy atom. The molecule has 0 amide bonds. The van der Waals surface area contributed by atoms with Crippen molar-refractivity contribution in [2.45, 2.75) is 20.0 Å². The number of fused-ring (bicyclic) bond motifs is 1. The summed E-state index contributed by atoms with van der Waals surface area (Å²) < 4.78 is 27.6. The van der Waals surface area contributed by atoms with Crippen LogP contribution in [-0.4, -0.2) is 39.3 Å². The fraction of sp³-hybridized carbons (Fsp3) is 0.500. The standard InChI is InChI=1S/C16H18BrNO7/c1-5-22-16(19)10-7(2)11(25-18-10)8-9(17)13(21-4)15-14(12(8)20-3)23-6-24-15/h7,11H,5-6H2,1-4H3/t7-,11-/m0/s1. The molecule has 0 bridgehead atoms. The van der Waals surface area contributed by atoms with Gasteiger partial charge < -0.3 is 28.5 Å². The van der Waals surface area contributed by atoms with E-state index in [4.69, 9.17) is 28.5 Å². The van der Waals surface area contributed by atoms with Gasteiger partial charge in [0.25, 0.3) is 0 Å². The number of methoxy groups -OCH3 is 2. The summed E-state index contributed by atoms with van der Waals surface area (Å²) >= 11 is 3.52. The van der Waals surface area contributed by atoms with Gasteiger partial charge in [0, 0.05) is 0 Å². The number of halogens is 1. The number of benzene rings is 1. The summed E-state index contributed by atoms with van der Waals surface area (Å²) in [4.78, 5) is 17.6. The highest BCUT2D eigenvalue weighted by Crippen LogP contribution is 2.57. The second-order valence-electron chi connectivity index (χ2n) is 5.37. The zero-order chi connectivity index (χ0) is 18.1. The van der Waals surface area contributed by atoms with E-state index in [-0.39, 0.29) is 25.0 Å². The van der Waals surface area contributed by atoms with Gasteiger partial charge in [0.1, 0.15) is 0 Å². The predicted octanol–water partition coefficient (Wildman–Crippen LogP) is 2.82. The molecule has 0 unspecified atom stereocenters. The second-order valence-corrected chi connectivity index (χ2v) is 6.16. The van der Waals surface area contributed by atoms with Gasteiger partial charge in [-0.2, -0.15) is 0 Å². The molecule has 2 aliphatic rings. The molecule has 25 heavy (non-hydrogen) atoms. The Morgan fingerprint density at radius 3 is 2.48 bits per heavy atom. The van der Waals surface area contributed by atoms with Crippen molar-refractivity contribution in [3.05, 3.63) is 10.0 Å². The number of nitrogens with zero attached hydrogens (tertiary/aromatic N) is 1. The molecular weight excluding hydrogens is 398 g/mol. The molecular formula is C16H18BrNO7. The first kappa shape index (κ1) is 17.7. The number of esters is 1. The number of ether oxygens (including phenoxy) is 5. The van der Waals surface area contributed by atoms with Crippen LogP contribution in [0.4, 0.5) is 0 Å². The summed E-state index contributed by atoms with van der Waals surface area (Å²) in [6, 6.07) is 0. The number of carbonyl (C=O) groups is 1. The molecule has 0 saturated carbocycles. The number of rotatable bonds is 5. The van der Waals surface area contributed by atoms with Crippen LogP contribution < -0.4 is 18.9 Å². The van der Waals surface area contributed by atoms with E-state index < -0.39 is 12.1 Å². The molecule has 0 fully saturated rings. The molecule has 0 spiro atoms. The van der Waals surface area contributed by atoms with Crippen molar-refractivity contribution < 1.29 is 33.3 Å². The fourth-order valence-electron chi connectivity index (χ4n) is 2.86. The highest BCUT2D eigenvalue weighted by molar-refractivity contribution is 9.10. The normalized spacial score (nSPS) is 20.8. The Kier molecular flexibility index (Phi) is 4.94. The van der Waals surface area contributed by atoms with Crippen molar-refractivity contribution in [3.8, 4) is 23.0 Å². The summed E-state index contributed by atoms with van der Waals surface area (Å²) in [5.41, 5.74) is 0.844. The van der Waals surface area contributed by atoms with E-state index in [1.165, 1.54) is 14.2 Å². The van der Waals surface area contributed by atoms with Crippen LogP contribution in [0.1, 0.15) is 25.5 Å². The largest absolute Gasteiger partial charge is 0.492 e. The average Bonchev–Trinajstić information content (AvgIpc) is 3.21.